The van der Waals surface area contributed by atoms with Gasteiger partial charge in [0.25, 0.3) is 5.91 Å². The van der Waals surface area contributed by atoms with Gasteiger partial charge in [-0.25, -0.2) is 0 Å². The van der Waals surface area contributed by atoms with Gasteiger partial charge < -0.3 is 14.4 Å². The van der Waals surface area contributed by atoms with E-state index >= 15 is 0 Å². The van der Waals surface area contributed by atoms with Crippen molar-refractivity contribution in [3.05, 3.63) is 23.8 Å². The van der Waals surface area contributed by atoms with E-state index in [0.717, 1.165) is 32.1 Å². The molecule has 1 aliphatic heterocycles. The predicted molar refractivity (Wildman–Crippen MR) is 84.6 cm³/mol. The molecule has 1 aromatic carbocycles. The molecule has 1 saturated carbocycles. The molecule has 120 valence electrons. The Hall–Kier alpha value is -1.75. The van der Waals surface area contributed by atoms with Crippen molar-refractivity contribution in [2.24, 2.45) is 5.92 Å². The number of benzene rings is 1. The minimum atomic E-state index is 0.000344. The van der Waals surface area contributed by atoms with Gasteiger partial charge in [-0.3, -0.25) is 9.69 Å². The number of methoxy groups -OCH3 is 2. The molecular formula is C17H24N2O3. The third-order valence-electron chi connectivity index (χ3n) is 4.51. The lowest BCUT2D eigenvalue weighted by Crippen LogP contribution is -2.49. The van der Waals surface area contributed by atoms with Crippen LogP contribution in [-0.4, -0.2) is 62.7 Å². The minimum Gasteiger partial charge on any atom is -0.496 e. The molecule has 0 aromatic heterocycles. The van der Waals surface area contributed by atoms with Crippen molar-refractivity contribution in [3.63, 3.8) is 0 Å². The fraction of sp³-hybridized carbons (Fsp3) is 0.588. The Morgan fingerprint density at radius 2 is 1.68 bits per heavy atom. The first-order chi connectivity index (χ1) is 10.7. The molecule has 0 atom stereocenters. The van der Waals surface area contributed by atoms with E-state index in [1.807, 2.05) is 11.0 Å². The molecule has 5 heteroatoms. The summed E-state index contributed by atoms with van der Waals surface area (Å²) in [7, 11) is 3.16. The lowest BCUT2D eigenvalue weighted by molar-refractivity contribution is 0.0625. The molecule has 1 amide bonds. The van der Waals surface area contributed by atoms with Crippen LogP contribution >= 0.6 is 0 Å². The molecule has 0 radical (unpaired) electrons. The highest BCUT2D eigenvalue weighted by atomic mass is 16.5. The van der Waals surface area contributed by atoms with Crippen LogP contribution in [0.25, 0.3) is 0 Å². The van der Waals surface area contributed by atoms with E-state index in [1.54, 1.807) is 26.4 Å². The Morgan fingerprint density at radius 3 is 2.18 bits per heavy atom. The Kier molecular flexibility index (Phi) is 4.52. The van der Waals surface area contributed by atoms with Gasteiger partial charge in [0.05, 0.1) is 14.2 Å². The first kappa shape index (κ1) is 15.2. The fourth-order valence-electron chi connectivity index (χ4n) is 3.02. The topological polar surface area (TPSA) is 42.0 Å². The van der Waals surface area contributed by atoms with Crippen molar-refractivity contribution in [1.82, 2.24) is 9.80 Å². The van der Waals surface area contributed by atoms with E-state index < -0.39 is 0 Å². The molecule has 0 bridgehead atoms. The van der Waals surface area contributed by atoms with Crippen LogP contribution in [0.4, 0.5) is 0 Å². The summed E-state index contributed by atoms with van der Waals surface area (Å²) in [6.07, 6.45) is 2.75. The molecule has 2 aliphatic rings. The average molecular weight is 304 g/mol. The lowest BCUT2D eigenvalue weighted by Gasteiger charge is -2.35. The van der Waals surface area contributed by atoms with Crippen molar-refractivity contribution >= 4 is 5.91 Å². The maximum Gasteiger partial charge on any atom is 0.261 e. The van der Waals surface area contributed by atoms with E-state index in [2.05, 4.69) is 4.90 Å². The molecule has 22 heavy (non-hydrogen) atoms. The first-order valence-corrected chi connectivity index (χ1v) is 7.95. The minimum absolute atomic E-state index is 0.000344. The normalized spacial score (nSPS) is 19.1. The number of ether oxygens (including phenoxy) is 2. The van der Waals surface area contributed by atoms with Gasteiger partial charge in [0, 0.05) is 32.7 Å². The summed E-state index contributed by atoms with van der Waals surface area (Å²) in [4.78, 5) is 17.2. The smallest absolute Gasteiger partial charge is 0.261 e. The zero-order valence-electron chi connectivity index (χ0n) is 13.4. The molecular weight excluding hydrogens is 280 g/mol. The molecule has 2 fully saturated rings. The van der Waals surface area contributed by atoms with Crippen LogP contribution < -0.4 is 9.47 Å². The maximum atomic E-state index is 12.8. The molecule has 1 aliphatic carbocycles. The summed E-state index contributed by atoms with van der Waals surface area (Å²) in [6, 6.07) is 5.44. The Balaban J connectivity index is 1.69. The highest BCUT2D eigenvalue weighted by molar-refractivity contribution is 5.99. The van der Waals surface area contributed by atoms with Gasteiger partial charge in [-0.05, 0) is 30.9 Å². The summed E-state index contributed by atoms with van der Waals surface area (Å²) in [5.74, 6) is 2.05. The number of piperazine rings is 1. The molecule has 1 saturated heterocycles. The van der Waals surface area contributed by atoms with Gasteiger partial charge in [-0.2, -0.15) is 0 Å². The molecule has 0 spiro atoms. The van der Waals surface area contributed by atoms with Gasteiger partial charge >= 0.3 is 0 Å². The molecule has 0 N–H and O–H groups in total. The van der Waals surface area contributed by atoms with Crippen molar-refractivity contribution in [3.8, 4) is 11.5 Å². The van der Waals surface area contributed by atoms with Gasteiger partial charge in [0.2, 0.25) is 0 Å². The highest BCUT2D eigenvalue weighted by Gasteiger charge is 2.29. The average Bonchev–Trinajstić information content (AvgIpc) is 3.38. The van der Waals surface area contributed by atoms with Gasteiger partial charge in [-0.15, -0.1) is 0 Å². The Bertz CT molecular complexity index is 512. The summed E-state index contributed by atoms with van der Waals surface area (Å²) < 4.78 is 10.7. The van der Waals surface area contributed by atoms with Crippen LogP contribution in [0, 0.1) is 5.92 Å². The summed E-state index contributed by atoms with van der Waals surface area (Å²) in [5.41, 5.74) is 0.531. The number of carbonyl (C=O) groups is 1. The fourth-order valence-corrected chi connectivity index (χ4v) is 3.02. The lowest BCUT2D eigenvalue weighted by atomic mass is 10.1. The van der Waals surface area contributed by atoms with Crippen LogP contribution in [0.15, 0.2) is 18.2 Å². The van der Waals surface area contributed by atoms with Crippen molar-refractivity contribution in [2.45, 2.75) is 12.8 Å². The van der Waals surface area contributed by atoms with Crippen molar-refractivity contribution in [1.29, 1.82) is 0 Å². The monoisotopic (exact) mass is 304 g/mol. The van der Waals surface area contributed by atoms with Crippen LogP contribution in [-0.2, 0) is 0 Å². The first-order valence-electron chi connectivity index (χ1n) is 7.95. The quantitative estimate of drug-likeness (QED) is 0.833. The number of hydrogen-bond acceptors (Lipinski definition) is 4. The van der Waals surface area contributed by atoms with E-state index in [9.17, 15) is 4.79 Å². The highest BCUT2D eigenvalue weighted by Crippen LogP contribution is 2.31. The molecule has 3 rings (SSSR count). The van der Waals surface area contributed by atoms with Gasteiger partial charge in [0.1, 0.15) is 17.1 Å². The molecule has 5 nitrogen and oxygen atoms in total. The van der Waals surface area contributed by atoms with E-state index in [4.69, 9.17) is 9.47 Å². The molecule has 1 heterocycles. The van der Waals surface area contributed by atoms with E-state index in [0.29, 0.717) is 17.1 Å². The zero-order valence-corrected chi connectivity index (χ0v) is 13.4. The summed E-state index contributed by atoms with van der Waals surface area (Å²) in [5, 5.41) is 0. The number of amides is 1. The third kappa shape index (κ3) is 3.19. The van der Waals surface area contributed by atoms with E-state index in [-0.39, 0.29) is 5.91 Å². The van der Waals surface area contributed by atoms with Gasteiger partial charge in [-0.1, -0.05) is 6.07 Å². The number of carbonyl (C=O) groups excluding carboxylic acids is 1. The van der Waals surface area contributed by atoms with Crippen LogP contribution in [0.1, 0.15) is 23.2 Å². The Morgan fingerprint density at radius 1 is 1.09 bits per heavy atom. The van der Waals surface area contributed by atoms with Crippen molar-refractivity contribution in [2.75, 3.05) is 46.9 Å². The van der Waals surface area contributed by atoms with Crippen LogP contribution in [0.5, 0.6) is 11.5 Å². The second-order valence-corrected chi connectivity index (χ2v) is 6.07. The van der Waals surface area contributed by atoms with Crippen LogP contribution in [0.2, 0.25) is 0 Å². The summed E-state index contributed by atoms with van der Waals surface area (Å²) in [6.45, 7) is 4.65. The largest absolute Gasteiger partial charge is 0.496 e. The number of nitrogens with zero attached hydrogens (tertiary/aromatic N) is 2. The second kappa shape index (κ2) is 6.57. The Labute approximate surface area is 131 Å². The standard InChI is InChI=1S/C17H24N2O3/c1-21-14-4-3-5-15(22-2)16(14)17(20)19-10-8-18(9-11-19)12-13-6-7-13/h3-5,13H,6-12H2,1-2H3. The third-order valence-corrected chi connectivity index (χ3v) is 4.51. The zero-order chi connectivity index (χ0) is 15.5. The maximum absolute atomic E-state index is 12.8. The van der Waals surface area contributed by atoms with Crippen LogP contribution in [0.3, 0.4) is 0 Å². The predicted octanol–water partition coefficient (Wildman–Crippen LogP) is 1.87. The molecule has 0 unspecified atom stereocenters. The van der Waals surface area contributed by atoms with Crippen molar-refractivity contribution < 1.29 is 14.3 Å². The molecule has 1 aromatic rings. The van der Waals surface area contributed by atoms with Gasteiger partial charge in [0.15, 0.2) is 0 Å². The second-order valence-electron chi connectivity index (χ2n) is 6.07. The van der Waals surface area contributed by atoms with E-state index in [1.165, 1.54) is 19.4 Å². The number of rotatable bonds is 5. The SMILES string of the molecule is COc1cccc(OC)c1C(=O)N1CCN(CC2CC2)CC1. The number of hydrogen-bond donors (Lipinski definition) is 0. The summed E-state index contributed by atoms with van der Waals surface area (Å²) >= 11 is 0.